The summed E-state index contributed by atoms with van der Waals surface area (Å²) in [4.78, 5) is 23.0. The molecule has 0 bridgehead atoms. The Kier molecular flexibility index (Phi) is 4.74. The normalized spacial score (nSPS) is 27.4. The van der Waals surface area contributed by atoms with Gasteiger partial charge in [0.05, 0.1) is 0 Å². The lowest BCUT2D eigenvalue weighted by Crippen LogP contribution is -2.33. The SMILES string of the molecule is O=C(O[PH](=O)OC(=O)[C@@H]1CCCN1)[C@@H]1CCCN1. The summed E-state index contributed by atoms with van der Waals surface area (Å²) in [6.45, 7) is 1.49. The molecule has 0 aromatic carbocycles. The maximum Gasteiger partial charge on any atom is 0.423 e. The molecule has 18 heavy (non-hydrogen) atoms. The molecule has 2 saturated heterocycles. The highest BCUT2D eigenvalue weighted by atomic mass is 31.1. The van der Waals surface area contributed by atoms with Gasteiger partial charge in [-0.1, -0.05) is 0 Å². The summed E-state index contributed by atoms with van der Waals surface area (Å²) < 4.78 is 20.7. The number of rotatable bonds is 4. The predicted molar refractivity (Wildman–Crippen MR) is 63.2 cm³/mol. The van der Waals surface area contributed by atoms with Crippen LogP contribution < -0.4 is 10.6 Å². The van der Waals surface area contributed by atoms with Gasteiger partial charge in [-0.25, -0.2) is 4.57 Å². The molecule has 0 saturated carbocycles. The zero-order valence-electron chi connectivity index (χ0n) is 9.94. The van der Waals surface area contributed by atoms with Crippen molar-refractivity contribution in [1.82, 2.24) is 10.6 Å². The fourth-order valence-corrected chi connectivity index (χ4v) is 2.75. The number of hydrogen-bond acceptors (Lipinski definition) is 7. The fraction of sp³-hybridized carbons (Fsp3) is 0.800. The van der Waals surface area contributed by atoms with E-state index in [1.807, 2.05) is 0 Å². The Hall–Kier alpha value is -0.910. The van der Waals surface area contributed by atoms with Crippen LogP contribution in [0.4, 0.5) is 0 Å². The highest BCUT2D eigenvalue weighted by Gasteiger charge is 2.28. The monoisotopic (exact) mass is 276 g/mol. The highest BCUT2D eigenvalue weighted by Crippen LogP contribution is 2.27. The van der Waals surface area contributed by atoms with Gasteiger partial charge in [-0.05, 0) is 38.8 Å². The van der Waals surface area contributed by atoms with Crippen molar-refractivity contribution in [2.45, 2.75) is 37.8 Å². The Bertz CT molecular complexity index is 318. The molecule has 102 valence electrons. The molecule has 2 aliphatic rings. The summed E-state index contributed by atoms with van der Waals surface area (Å²) in [6, 6.07) is -0.857. The van der Waals surface area contributed by atoms with Crippen molar-refractivity contribution in [1.29, 1.82) is 0 Å². The lowest BCUT2D eigenvalue weighted by Gasteiger charge is -2.12. The van der Waals surface area contributed by atoms with Gasteiger partial charge in [0.2, 0.25) is 0 Å². The summed E-state index contributed by atoms with van der Waals surface area (Å²) >= 11 is 0. The largest absolute Gasteiger partial charge is 0.423 e. The Labute approximate surface area is 106 Å². The number of nitrogens with one attached hydrogen (secondary N) is 2. The summed E-state index contributed by atoms with van der Waals surface area (Å²) in [5.41, 5.74) is 0. The molecule has 7 nitrogen and oxygen atoms in total. The smallest absolute Gasteiger partial charge is 0.384 e. The van der Waals surface area contributed by atoms with Crippen LogP contribution in [0.2, 0.25) is 0 Å². The van der Waals surface area contributed by atoms with Crippen molar-refractivity contribution in [3.8, 4) is 0 Å². The standard InChI is InChI=1S/C10H17N2O5P/c13-9(7-3-1-5-11-7)16-18(15)17-10(14)8-4-2-6-12-8/h7-8,11-12,18H,1-6H2/t7-,8-/m0/s1. The van der Waals surface area contributed by atoms with E-state index >= 15 is 0 Å². The van der Waals surface area contributed by atoms with Gasteiger partial charge < -0.3 is 19.7 Å². The molecule has 0 aliphatic carbocycles. The maximum atomic E-state index is 11.5. The van der Waals surface area contributed by atoms with Crippen molar-refractivity contribution in [3.63, 3.8) is 0 Å². The van der Waals surface area contributed by atoms with Crippen LogP contribution in [0.5, 0.6) is 0 Å². The van der Waals surface area contributed by atoms with E-state index in [0.29, 0.717) is 12.8 Å². The fourth-order valence-electron chi connectivity index (χ4n) is 2.10. The van der Waals surface area contributed by atoms with Gasteiger partial charge in [-0.2, -0.15) is 0 Å². The quantitative estimate of drug-likeness (QED) is 0.696. The maximum absolute atomic E-state index is 11.5. The van der Waals surface area contributed by atoms with E-state index in [4.69, 9.17) is 0 Å². The first-order valence-electron chi connectivity index (χ1n) is 6.11. The lowest BCUT2D eigenvalue weighted by molar-refractivity contribution is -0.139. The van der Waals surface area contributed by atoms with Crippen molar-refractivity contribution >= 4 is 20.2 Å². The molecule has 2 rings (SSSR count). The van der Waals surface area contributed by atoms with Gasteiger partial charge in [0, 0.05) is 0 Å². The van der Waals surface area contributed by atoms with Crippen LogP contribution in [0.15, 0.2) is 0 Å². The van der Waals surface area contributed by atoms with Gasteiger partial charge in [-0.3, -0.25) is 9.59 Å². The second-order valence-corrected chi connectivity index (χ2v) is 5.30. The van der Waals surface area contributed by atoms with Gasteiger partial charge >= 0.3 is 20.2 Å². The number of hydrogen-bond donors (Lipinski definition) is 2. The summed E-state index contributed by atoms with van der Waals surface area (Å²) in [7, 11) is -3.09. The number of carbonyl (C=O) groups excluding carboxylic acids is 2. The van der Waals surface area contributed by atoms with E-state index in [-0.39, 0.29) is 0 Å². The second kappa shape index (κ2) is 6.31. The van der Waals surface area contributed by atoms with Crippen molar-refractivity contribution in [3.05, 3.63) is 0 Å². The molecule has 0 spiro atoms. The van der Waals surface area contributed by atoms with E-state index < -0.39 is 32.3 Å². The van der Waals surface area contributed by atoms with Crippen LogP contribution in [0.1, 0.15) is 25.7 Å². The van der Waals surface area contributed by atoms with E-state index in [0.717, 1.165) is 25.9 Å². The highest BCUT2D eigenvalue weighted by molar-refractivity contribution is 7.34. The van der Waals surface area contributed by atoms with Crippen LogP contribution >= 0.6 is 8.25 Å². The van der Waals surface area contributed by atoms with E-state index in [9.17, 15) is 14.2 Å². The molecular weight excluding hydrogens is 259 g/mol. The van der Waals surface area contributed by atoms with Crippen LogP contribution in [-0.4, -0.2) is 37.1 Å². The van der Waals surface area contributed by atoms with E-state index in [1.54, 1.807) is 0 Å². The molecule has 0 unspecified atom stereocenters. The first kappa shape index (κ1) is 13.5. The zero-order valence-corrected chi connectivity index (χ0v) is 10.9. The van der Waals surface area contributed by atoms with Gasteiger partial charge in [-0.15, -0.1) is 0 Å². The molecule has 0 radical (unpaired) electrons. The van der Waals surface area contributed by atoms with Gasteiger partial charge in [0.25, 0.3) is 0 Å². The Morgan fingerprint density at radius 1 is 0.944 bits per heavy atom. The average Bonchev–Trinajstić information content (AvgIpc) is 3.02. The zero-order chi connectivity index (χ0) is 13.0. The molecule has 2 heterocycles. The van der Waals surface area contributed by atoms with Crippen LogP contribution in [-0.2, 0) is 23.2 Å². The minimum absolute atomic E-state index is 0.428. The van der Waals surface area contributed by atoms with Crippen molar-refractivity contribution in [2.75, 3.05) is 13.1 Å². The Morgan fingerprint density at radius 2 is 1.39 bits per heavy atom. The first-order valence-corrected chi connectivity index (χ1v) is 7.33. The molecule has 2 N–H and O–H groups in total. The van der Waals surface area contributed by atoms with Crippen LogP contribution in [0.3, 0.4) is 0 Å². The molecule has 2 atom stereocenters. The molecule has 0 aromatic heterocycles. The molecular formula is C10H17N2O5P. The predicted octanol–water partition coefficient (Wildman–Crippen LogP) is -0.0335. The third-order valence-electron chi connectivity index (χ3n) is 3.06. The summed E-state index contributed by atoms with van der Waals surface area (Å²) in [6.07, 6.45) is 3.08. The van der Waals surface area contributed by atoms with E-state index in [2.05, 4.69) is 19.7 Å². The first-order chi connectivity index (χ1) is 8.66. The number of carbonyl (C=O) groups is 2. The Balaban J connectivity index is 1.73. The molecule has 0 aromatic rings. The topological polar surface area (TPSA) is 93.7 Å². The van der Waals surface area contributed by atoms with Crippen LogP contribution in [0.25, 0.3) is 0 Å². The average molecular weight is 276 g/mol. The minimum Gasteiger partial charge on any atom is -0.384 e. The molecule has 0 amide bonds. The molecule has 2 aliphatic heterocycles. The van der Waals surface area contributed by atoms with Crippen LogP contribution in [0, 0.1) is 0 Å². The summed E-state index contributed by atoms with van der Waals surface area (Å²) in [5, 5.41) is 5.84. The second-order valence-electron chi connectivity index (χ2n) is 4.39. The third-order valence-corrected chi connectivity index (χ3v) is 3.79. The lowest BCUT2D eigenvalue weighted by atomic mass is 10.2. The molecule has 8 heteroatoms. The van der Waals surface area contributed by atoms with E-state index in [1.165, 1.54) is 0 Å². The Morgan fingerprint density at radius 3 is 1.72 bits per heavy atom. The summed E-state index contributed by atoms with van der Waals surface area (Å²) in [5.74, 6) is -1.22. The molecule has 2 fully saturated rings. The van der Waals surface area contributed by atoms with Crippen molar-refractivity contribution in [2.24, 2.45) is 0 Å². The minimum atomic E-state index is -3.09. The third kappa shape index (κ3) is 3.54. The van der Waals surface area contributed by atoms with Gasteiger partial charge in [0.1, 0.15) is 12.1 Å². The van der Waals surface area contributed by atoms with Crippen molar-refractivity contribution < 1.29 is 23.2 Å². The van der Waals surface area contributed by atoms with Gasteiger partial charge in [0.15, 0.2) is 0 Å².